The predicted octanol–water partition coefficient (Wildman–Crippen LogP) is 1.07. The highest BCUT2D eigenvalue weighted by Crippen LogP contribution is 2.27. The van der Waals surface area contributed by atoms with Crippen molar-refractivity contribution >= 4 is 17.1 Å². The lowest BCUT2D eigenvalue weighted by molar-refractivity contribution is -0.161. The molecular formula is C11H11NO5. The van der Waals surface area contributed by atoms with Gasteiger partial charge in [0.2, 0.25) is 0 Å². The molecule has 1 heterocycles. The number of carboxylic acid groups (broad SMARTS) is 1. The van der Waals surface area contributed by atoms with Crippen LogP contribution >= 0.6 is 0 Å². The van der Waals surface area contributed by atoms with Crippen molar-refractivity contribution in [2.24, 2.45) is 0 Å². The summed E-state index contributed by atoms with van der Waals surface area (Å²) in [6.07, 6.45) is 0. The average Bonchev–Trinajstić information content (AvgIpc) is 2.66. The van der Waals surface area contributed by atoms with Crippen molar-refractivity contribution in [3.63, 3.8) is 0 Å². The number of benzene rings is 1. The molecule has 0 amide bonds. The van der Waals surface area contributed by atoms with Gasteiger partial charge in [0.25, 0.3) is 0 Å². The van der Waals surface area contributed by atoms with Crippen molar-refractivity contribution in [2.75, 3.05) is 7.11 Å². The number of carboxylic acids is 1. The van der Waals surface area contributed by atoms with E-state index in [0.29, 0.717) is 16.7 Å². The molecule has 90 valence electrons. The molecule has 0 aliphatic rings. The maximum atomic E-state index is 11.2. The second kappa shape index (κ2) is 3.74. The van der Waals surface area contributed by atoms with Crippen molar-refractivity contribution in [3.05, 3.63) is 34.3 Å². The van der Waals surface area contributed by atoms with E-state index in [1.807, 2.05) is 0 Å². The van der Waals surface area contributed by atoms with E-state index in [4.69, 9.17) is 14.3 Å². The molecule has 0 fully saturated rings. The molecule has 0 radical (unpaired) electrons. The van der Waals surface area contributed by atoms with Crippen LogP contribution in [-0.2, 0) is 15.1 Å². The van der Waals surface area contributed by atoms with Gasteiger partial charge in [-0.25, -0.2) is 9.59 Å². The Morgan fingerprint density at radius 1 is 1.53 bits per heavy atom. The lowest BCUT2D eigenvalue weighted by Gasteiger charge is -2.23. The van der Waals surface area contributed by atoms with Gasteiger partial charge in [0.1, 0.15) is 0 Å². The maximum Gasteiger partial charge on any atom is 0.417 e. The topological polar surface area (TPSA) is 92.5 Å². The molecule has 2 aromatic rings. The summed E-state index contributed by atoms with van der Waals surface area (Å²) in [6.45, 7) is 1.43. The van der Waals surface area contributed by atoms with Crippen LogP contribution in [0.3, 0.4) is 0 Å². The second-order valence-corrected chi connectivity index (χ2v) is 3.77. The first kappa shape index (κ1) is 11.4. The van der Waals surface area contributed by atoms with E-state index in [9.17, 15) is 9.59 Å². The Kier molecular flexibility index (Phi) is 2.51. The van der Waals surface area contributed by atoms with Crippen molar-refractivity contribution in [3.8, 4) is 0 Å². The van der Waals surface area contributed by atoms with Gasteiger partial charge in [0.15, 0.2) is 11.2 Å². The summed E-state index contributed by atoms with van der Waals surface area (Å²) in [4.78, 5) is 24.6. The van der Waals surface area contributed by atoms with E-state index in [2.05, 4.69) is 4.98 Å². The Morgan fingerprint density at radius 3 is 2.82 bits per heavy atom. The van der Waals surface area contributed by atoms with Crippen molar-refractivity contribution in [2.45, 2.75) is 12.5 Å². The number of methoxy groups -OCH3 is 1. The van der Waals surface area contributed by atoms with E-state index in [0.717, 1.165) is 0 Å². The van der Waals surface area contributed by atoms with Gasteiger partial charge in [-0.2, -0.15) is 0 Å². The molecule has 6 heteroatoms. The number of nitrogens with one attached hydrogen (secondary N) is 1. The predicted molar refractivity (Wildman–Crippen MR) is 58.8 cm³/mol. The third-order valence-electron chi connectivity index (χ3n) is 2.79. The highest BCUT2D eigenvalue weighted by atomic mass is 16.5. The minimum atomic E-state index is -1.47. The zero-order chi connectivity index (χ0) is 12.6. The van der Waals surface area contributed by atoms with E-state index >= 15 is 0 Å². The van der Waals surface area contributed by atoms with Crippen LogP contribution in [0.5, 0.6) is 0 Å². The largest absolute Gasteiger partial charge is 0.479 e. The summed E-state index contributed by atoms with van der Waals surface area (Å²) < 4.78 is 9.88. The lowest BCUT2D eigenvalue weighted by Crippen LogP contribution is -2.34. The molecule has 0 spiro atoms. The van der Waals surface area contributed by atoms with Crippen LogP contribution in [0.2, 0.25) is 0 Å². The summed E-state index contributed by atoms with van der Waals surface area (Å²) in [6, 6.07) is 4.63. The highest BCUT2D eigenvalue weighted by molar-refractivity contribution is 5.81. The number of ether oxygens (including phenoxy) is 1. The highest BCUT2D eigenvalue weighted by Gasteiger charge is 2.35. The molecular weight excluding hydrogens is 226 g/mol. The van der Waals surface area contributed by atoms with Crippen molar-refractivity contribution in [1.29, 1.82) is 0 Å². The molecule has 2 rings (SSSR count). The van der Waals surface area contributed by atoms with Gasteiger partial charge >= 0.3 is 11.7 Å². The Morgan fingerprint density at radius 2 is 2.24 bits per heavy atom. The minimum absolute atomic E-state index is 0.303. The minimum Gasteiger partial charge on any atom is -0.479 e. The fourth-order valence-electron chi connectivity index (χ4n) is 1.57. The Balaban J connectivity index is 2.62. The quantitative estimate of drug-likeness (QED) is 0.832. The monoisotopic (exact) mass is 237 g/mol. The van der Waals surface area contributed by atoms with Crippen LogP contribution in [0, 0.1) is 0 Å². The Hall–Kier alpha value is -2.08. The van der Waals surface area contributed by atoms with Gasteiger partial charge in [-0.15, -0.1) is 0 Å². The number of rotatable bonds is 3. The molecule has 0 bridgehead atoms. The number of oxazole rings is 1. The van der Waals surface area contributed by atoms with Gasteiger partial charge in [-0.3, -0.25) is 4.98 Å². The first-order valence-electron chi connectivity index (χ1n) is 4.89. The smallest absolute Gasteiger partial charge is 0.417 e. The molecule has 0 saturated carbocycles. The summed E-state index contributed by atoms with van der Waals surface area (Å²) in [5.74, 6) is -1.69. The number of aromatic amines is 1. The molecule has 6 nitrogen and oxygen atoms in total. The number of hydrogen-bond acceptors (Lipinski definition) is 4. The van der Waals surface area contributed by atoms with Gasteiger partial charge in [0, 0.05) is 7.11 Å². The van der Waals surface area contributed by atoms with Crippen LogP contribution in [0.1, 0.15) is 12.5 Å². The third-order valence-corrected chi connectivity index (χ3v) is 2.79. The summed E-state index contributed by atoms with van der Waals surface area (Å²) in [5.41, 5.74) is -0.244. The first-order chi connectivity index (χ1) is 7.97. The SMILES string of the molecule is COC(C)(C(=O)O)c1ccc2[nH]c(=O)oc2c1. The zero-order valence-corrected chi connectivity index (χ0v) is 9.31. The van der Waals surface area contributed by atoms with Crippen molar-refractivity contribution < 1.29 is 19.1 Å². The third kappa shape index (κ3) is 1.72. The van der Waals surface area contributed by atoms with Crippen LogP contribution < -0.4 is 5.76 Å². The Bertz CT molecular complexity index is 626. The molecule has 17 heavy (non-hydrogen) atoms. The van der Waals surface area contributed by atoms with E-state index < -0.39 is 17.3 Å². The second-order valence-electron chi connectivity index (χ2n) is 3.77. The van der Waals surface area contributed by atoms with Gasteiger partial charge in [0.05, 0.1) is 5.52 Å². The number of hydrogen-bond donors (Lipinski definition) is 2. The summed E-state index contributed by atoms with van der Waals surface area (Å²) >= 11 is 0. The molecule has 0 saturated heterocycles. The molecule has 0 aliphatic heterocycles. The number of fused-ring (bicyclic) bond motifs is 1. The van der Waals surface area contributed by atoms with E-state index in [-0.39, 0.29) is 0 Å². The zero-order valence-electron chi connectivity index (χ0n) is 9.31. The summed E-state index contributed by atoms with van der Waals surface area (Å²) in [7, 11) is 1.31. The number of aliphatic carboxylic acids is 1. The van der Waals surface area contributed by atoms with Crippen LogP contribution in [0.25, 0.3) is 11.1 Å². The van der Waals surface area contributed by atoms with Crippen LogP contribution in [0.4, 0.5) is 0 Å². The molecule has 1 unspecified atom stereocenters. The number of aromatic nitrogens is 1. The standard InChI is InChI=1S/C11H11NO5/c1-11(16-2,9(13)14)6-3-4-7-8(5-6)17-10(15)12-7/h3-5H,1-2H3,(H,12,15)(H,13,14). The first-order valence-corrected chi connectivity index (χ1v) is 4.89. The molecule has 0 aliphatic carbocycles. The average molecular weight is 237 g/mol. The van der Waals surface area contributed by atoms with Gasteiger partial charge < -0.3 is 14.3 Å². The molecule has 1 atom stereocenters. The maximum absolute atomic E-state index is 11.2. The van der Waals surface area contributed by atoms with Crippen LogP contribution in [0.15, 0.2) is 27.4 Å². The fourth-order valence-corrected chi connectivity index (χ4v) is 1.57. The summed E-state index contributed by atoms with van der Waals surface area (Å²) in [5, 5.41) is 9.14. The molecule has 2 N–H and O–H groups in total. The van der Waals surface area contributed by atoms with Crippen LogP contribution in [-0.4, -0.2) is 23.2 Å². The molecule has 1 aromatic heterocycles. The van der Waals surface area contributed by atoms with E-state index in [1.165, 1.54) is 20.1 Å². The number of H-pyrrole nitrogens is 1. The van der Waals surface area contributed by atoms with Crippen molar-refractivity contribution in [1.82, 2.24) is 4.98 Å². The van der Waals surface area contributed by atoms with E-state index in [1.54, 1.807) is 12.1 Å². The van der Waals surface area contributed by atoms with Gasteiger partial charge in [-0.1, -0.05) is 6.07 Å². The normalized spacial score (nSPS) is 14.7. The number of carbonyl (C=O) groups is 1. The fraction of sp³-hybridized carbons (Fsp3) is 0.273. The lowest BCUT2D eigenvalue weighted by atomic mass is 9.96. The molecule has 1 aromatic carbocycles. The Labute approximate surface area is 95.8 Å². The van der Waals surface area contributed by atoms with Gasteiger partial charge in [-0.05, 0) is 24.6 Å².